The van der Waals surface area contributed by atoms with Crippen molar-refractivity contribution in [3.05, 3.63) is 54.1 Å². The number of fused-ring (bicyclic) bond motifs is 1. The highest BCUT2D eigenvalue weighted by molar-refractivity contribution is 6.34. The molecule has 200 valence electrons. The highest BCUT2D eigenvalue weighted by Gasteiger charge is 2.79. The zero-order valence-electron chi connectivity index (χ0n) is 21.6. The van der Waals surface area contributed by atoms with Crippen molar-refractivity contribution in [2.24, 2.45) is 11.8 Å². The first-order valence-electron chi connectivity index (χ1n) is 12.7. The fourth-order valence-corrected chi connectivity index (χ4v) is 6.94. The number of benzene rings is 1. The van der Waals surface area contributed by atoms with E-state index in [1.807, 2.05) is 19.9 Å². The van der Waals surface area contributed by atoms with Gasteiger partial charge in [0.15, 0.2) is 0 Å². The number of carbonyl (C=O) groups excluding carboxylic acids is 3. The molecule has 0 radical (unpaired) electrons. The molecule has 2 bridgehead atoms. The Hall–Kier alpha value is -2.68. The molecule has 1 N–H and O–H groups in total. The molecule has 3 saturated heterocycles. The van der Waals surface area contributed by atoms with Crippen molar-refractivity contribution in [2.75, 3.05) is 24.7 Å². The standard InChI is InChI=1S/C28H35ClN2O6/c1-6-14-30(22-17(4)10-9-11-19(22)29)25(34)23-28-13-12-27(8-3,37-28)21(26(35)36-15-7-2)20(28)24(33)31(23)18(5)16-32/h6-7,9-11,18,20-21,23,32H,1-2,8,12-16H2,3-5H3/t18-,20+,21+,23?,27-,28?/m1/s1. The van der Waals surface area contributed by atoms with Crippen LogP contribution in [0.5, 0.6) is 0 Å². The molecule has 2 amide bonds. The van der Waals surface area contributed by atoms with Crippen LogP contribution in [0.15, 0.2) is 43.5 Å². The fourth-order valence-electron chi connectivity index (χ4n) is 6.62. The zero-order valence-corrected chi connectivity index (χ0v) is 22.4. The number of hydrogen-bond acceptors (Lipinski definition) is 6. The molecule has 8 nitrogen and oxygen atoms in total. The van der Waals surface area contributed by atoms with Gasteiger partial charge in [0, 0.05) is 6.54 Å². The van der Waals surface area contributed by atoms with E-state index in [0.717, 1.165) is 5.56 Å². The molecule has 9 heteroatoms. The van der Waals surface area contributed by atoms with E-state index in [4.69, 9.17) is 21.1 Å². The van der Waals surface area contributed by atoms with Crippen LogP contribution in [0.3, 0.4) is 0 Å². The Labute approximate surface area is 222 Å². The summed E-state index contributed by atoms with van der Waals surface area (Å²) in [5, 5.41) is 10.5. The van der Waals surface area contributed by atoms with E-state index in [0.29, 0.717) is 30.0 Å². The lowest BCUT2D eigenvalue weighted by molar-refractivity contribution is -0.161. The number of carbonyl (C=O) groups is 3. The van der Waals surface area contributed by atoms with Crippen molar-refractivity contribution in [3.63, 3.8) is 0 Å². The molecule has 3 aliphatic rings. The quantitative estimate of drug-likeness (QED) is 0.368. The van der Waals surface area contributed by atoms with Gasteiger partial charge in [-0.25, -0.2) is 0 Å². The van der Waals surface area contributed by atoms with Crippen LogP contribution >= 0.6 is 11.6 Å². The third-order valence-corrected chi connectivity index (χ3v) is 8.53. The van der Waals surface area contributed by atoms with Crippen LogP contribution in [-0.4, -0.2) is 70.8 Å². The van der Waals surface area contributed by atoms with Crippen molar-refractivity contribution in [2.45, 2.75) is 63.3 Å². The lowest BCUT2D eigenvalue weighted by atomic mass is 9.65. The molecule has 0 aromatic heterocycles. The monoisotopic (exact) mass is 530 g/mol. The Kier molecular flexibility index (Phi) is 7.57. The molecule has 2 unspecified atom stereocenters. The summed E-state index contributed by atoms with van der Waals surface area (Å²) in [5.74, 6) is -3.07. The van der Waals surface area contributed by atoms with Gasteiger partial charge in [0.2, 0.25) is 5.91 Å². The minimum atomic E-state index is -1.24. The third kappa shape index (κ3) is 4.01. The molecule has 0 saturated carbocycles. The lowest BCUT2D eigenvalue weighted by Crippen LogP contribution is -2.58. The van der Waals surface area contributed by atoms with Gasteiger partial charge in [0.1, 0.15) is 24.2 Å². The summed E-state index contributed by atoms with van der Waals surface area (Å²) in [6.45, 7) is 12.7. The van der Waals surface area contributed by atoms with Crippen molar-refractivity contribution in [3.8, 4) is 0 Å². The van der Waals surface area contributed by atoms with Gasteiger partial charge >= 0.3 is 5.97 Å². The zero-order chi connectivity index (χ0) is 27.1. The number of hydrogen-bond donors (Lipinski definition) is 1. The molecule has 6 atom stereocenters. The van der Waals surface area contributed by atoms with Gasteiger partial charge in [0.25, 0.3) is 5.91 Å². The summed E-state index contributed by atoms with van der Waals surface area (Å²) in [5.41, 5.74) is -0.831. The van der Waals surface area contributed by atoms with Crippen LogP contribution in [-0.2, 0) is 23.9 Å². The molecular weight excluding hydrogens is 496 g/mol. The van der Waals surface area contributed by atoms with E-state index >= 15 is 0 Å². The average Bonchev–Trinajstić information content (AvgIpc) is 3.49. The SMILES string of the molecule is C=CCOC(=O)[C@@H]1[C@H]2C(=O)N([C@H](C)CO)C(C(=O)N(CC=C)c3c(C)cccc3Cl)C23CC[C@@]1(CC)O3. The van der Waals surface area contributed by atoms with Crippen LogP contribution < -0.4 is 4.90 Å². The fraction of sp³-hybridized carbons (Fsp3) is 0.536. The van der Waals surface area contributed by atoms with Crippen molar-refractivity contribution in [1.82, 2.24) is 4.90 Å². The molecule has 3 aliphatic heterocycles. The maximum Gasteiger partial charge on any atom is 0.313 e. The Bertz CT molecular complexity index is 1100. The van der Waals surface area contributed by atoms with Crippen molar-refractivity contribution < 1.29 is 29.0 Å². The highest BCUT2D eigenvalue weighted by Crippen LogP contribution is 2.65. The first-order valence-corrected chi connectivity index (χ1v) is 13.1. The molecular formula is C28H35ClN2O6. The number of aliphatic hydroxyl groups excluding tert-OH is 1. The van der Waals surface area contributed by atoms with E-state index in [9.17, 15) is 19.5 Å². The van der Waals surface area contributed by atoms with Gasteiger partial charge in [-0.15, -0.1) is 6.58 Å². The number of halogens is 1. The largest absolute Gasteiger partial charge is 0.461 e. The van der Waals surface area contributed by atoms with E-state index in [-0.39, 0.29) is 31.6 Å². The topological polar surface area (TPSA) is 96.4 Å². The minimum absolute atomic E-state index is 0.0149. The number of nitrogens with zero attached hydrogens (tertiary/aromatic N) is 2. The normalized spacial score (nSPS) is 30.7. The average molecular weight is 531 g/mol. The second kappa shape index (κ2) is 10.2. The van der Waals surface area contributed by atoms with Gasteiger partial charge in [-0.05, 0) is 44.7 Å². The number of esters is 1. The maximum absolute atomic E-state index is 14.5. The number of ether oxygens (including phenoxy) is 2. The van der Waals surface area contributed by atoms with Gasteiger partial charge in [-0.1, -0.05) is 49.4 Å². The summed E-state index contributed by atoms with van der Waals surface area (Å²) < 4.78 is 12.1. The summed E-state index contributed by atoms with van der Waals surface area (Å²) in [4.78, 5) is 44.8. The third-order valence-electron chi connectivity index (χ3n) is 8.23. The van der Waals surface area contributed by atoms with Crippen LogP contribution in [0.25, 0.3) is 0 Å². The van der Waals surface area contributed by atoms with Crippen molar-refractivity contribution >= 4 is 35.1 Å². The number of aryl methyl sites for hydroxylation is 1. The molecule has 0 aliphatic carbocycles. The number of amides is 2. The molecule has 4 rings (SSSR count). The maximum atomic E-state index is 14.5. The molecule has 3 heterocycles. The Balaban J connectivity index is 1.86. The number of aliphatic hydroxyl groups is 1. The van der Waals surface area contributed by atoms with Gasteiger partial charge in [-0.2, -0.15) is 0 Å². The predicted molar refractivity (Wildman–Crippen MR) is 140 cm³/mol. The highest BCUT2D eigenvalue weighted by atomic mass is 35.5. The van der Waals surface area contributed by atoms with Gasteiger partial charge in [-0.3, -0.25) is 14.4 Å². The smallest absolute Gasteiger partial charge is 0.313 e. The Morgan fingerprint density at radius 1 is 1.35 bits per heavy atom. The summed E-state index contributed by atoms with van der Waals surface area (Å²) in [7, 11) is 0. The minimum Gasteiger partial charge on any atom is -0.461 e. The molecule has 1 aromatic carbocycles. The van der Waals surface area contributed by atoms with Crippen LogP contribution in [0.1, 0.15) is 38.7 Å². The van der Waals surface area contributed by atoms with E-state index in [1.54, 1.807) is 25.1 Å². The van der Waals surface area contributed by atoms with E-state index in [2.05, 4.69) is 13.2 Å². The molecule has 37 heavy (non-hydrogen) atoms. The van der Waals surface area contributed by atoms with E-state index < -0.39 is 41.1 Å². The van der Waals surface area contributed by atoms with Gasteiger partial charge < -0.3 is 24.4 Å². The summed E-state index contributed by atoms with van der Waals surface area (Å²) in [6.07, 6.45) is 4.50. The first-order chi connectivity index (χ1) is 17.6. The number of rotatable bonds is 10. The van der Waals surface area contributed by atoms with Crippen LogP contribution in [0.4, 0.5) is 5.69 Å². The number of para-hydroxylation sites is 1. The Morgan fingerprint density at radius 3 is 2.68 bits per heavy atom. The van der Waals surface area contributed by atoms with E-state index in [1.165, 1.54) is 15.9 Å². The van der Waals surface area contributed by atoms with Gasteiger partial charge in [0.05, 0.1) is 34.9 Å². The predicted octanol–water partition coefficient (Wildman–Crippen LogP) is 3.43. The number of anilines is 1. The molecule has 3 fully saturated rings. The Morgan fingerprint density at radius 2 is 2.08 bits per heavy atom. The summed E-state index contributed by atoms with van der Waals surface area (Å²) in [6, 6.07) is 3.63. The van der Waals surface area contributed by atoms with Crippen molar-refractivity contribution in [1.29, 1.82) is 0 Å². The molecule has 1 spiro atoms. The van der Waals surface area contributed by atoms with Crippen LogP contribution in [0.2, 0.25) is 5.02 Å². The molecule has 1 aromatic rings. The second-order valence-corrected chi connectivity index (χ2v) is 10.6. The summed E-state index contributed by atoms with van der Waals surface area (Å²) >= 11 is 6.56. The lowest BCUT2D eigenvalue weighted by Gasteiger charge is -2.39. The number of likely N-dealkylation sites (tertiary alicyclic amines) is 1. The first kappa shape index (κ1) is 27.4. The second-order valence-electron chi connectivity index (χ2n) is 10.2. The van der Waals surface area contributed by atoms with Crippen LogP contribution in [0, 0.1) is 18.8 Å².